The van der Waals surface area contributed by atoms with Gasteiger partial charge < -0.3 is 33.5 Å². The fraction of sp³-hybridized carbons (Fsp3) is 0.481. The van der Waals surface area contributed by atoms with Gasteiger partial charge in [-0.3, -0.25) is 9.59 Å². The van der Waals surface area contributed by atoms with E-state index in [4.69, 9.17) is 23.7 Å². The van der Waals surface area contributed by atoms with Gasteiger partial charge in [-0.25, -0.2) is 0 Å². The number of hydrogen-bond acceptors (Lipinski definition) is 7. The largest absolute Gasteiger partial charge is 0.493 e. The van der Waals surface area contributed by atoms with Crippen LogP contribution in [0.3, 0.4) is 0 Å². The van der Waals surface area contributed by atoms with E-state index in [1.54, 1.807) is 26.2 Å². The summed E-state index contributed by atoms with van der Waals surface area (Å²) in [7, 11) is 4.65. The number of rotatable bonds is 7. The molecule has 2 saturated heterocycles. The molecule has 0 unspecified atom stereocenters. The van der Waals surface area contributed by atoms with Crippen molar-refractivity contribution in [2.75, 3.05) is 47.6 Å². The molecule has 2 aromatic carbocycles. The number of carbonyl (C=O) groups is 2. The lowest BCUT2D eigenvalue weighted by Crippen LogP contribution is -2.48. The molecule has 9 nitrogen and oxygen atoms in total. The van der Waals surface area contributed by atoms with Crippen LogP contribution in [0.2, 0.25) is 0 Å². The Balaban J connectivity index is 1.44. The summed E-state index contributed by atoms with van der Waals surface area (Å²) >= 11 is 0. The van der Waals surface area contributed by atoms with Crippen LogP contribution < -0.4 is 14.2 Å². The van der Waals surface area contributed by atoms with Crippen LogP contribution in [0.4, 0.5) is 0 Å². The van der Waals surface area contributed by atoms with Gasteiger partial charge in [-0.2, -0.15) is 0 Å². The highest BCUT2D eigenvalue weighted by atomic mass is 16.7. The third-order valence-corrected chi connectivity index (χ3v) is 7.36. The molecule has 2 amide bonds. The molecule has 0 N–H and O–H groups in total. The van der Waals surface area contributed by atoms with Crippen molar-refractivity contribution in [1.82, 2.24) is 9.80 Å². The normalized spacial score (nSPS) is 19.4. The van der Waals surface area contributed by atoms with E-state index in [2.05, 4.69) is 0 Å². The van der Waals surface area contributed by atoms with Gasteiger partial charge in [-0.1, -0.05) is 18.2 Å². The molecule has 0 saturated carbocycles. The molecule has 0 aliphatic carbocycles. The zero-order valence-corrected chi connectivity index (χ0v) is 21.0. The number of nitrogens with zero attached hydrogens (tertiary/aromatic N) is 2. The average Bonchev–Trinajstić information content (AvgIpc) is 3.50. The summed E-state index contributed by atoms with van der Waals surface area (Å²) in [5, 5.41) is 0. The maximum absolute atomic E-state index is 13.6. The SMILES string of the molecule is COc1cc([C@@H](CC(=O)N2CCC3(CC2)OCCO3)N2Cc3ccccc3C2=O)cc(OC)c1OC. The molecule has 2 fully saturated rings. The summed E-state index contributed by atoms with van der Waals surface area (Å²) in [5.74, 6) is 0.739. The van der Waals surface area contributed by atoms with Gasteiger partial charge >= 0.3 is 0 Å². The van der Waals surface area contributed by atoms with Crippen molar-refractivity contribution in [3.8, 4) is 17.2 Å². The van der Waals surface area contributed by atoms with Crippen LogP contribution in [0, 0.1) is 0 Å². The predicted octanol–water partition coefficient (Wildman–Crippen LogP) is 3.17. The minimum atomic E-state index is -0.556. The third kappa shape index (κ3) is 4.37. The van der Waals surface area contributed by atoms with E-state index in [9.17, 15) is 9.59 Å². The Kier molecular flexibility index (Phi) is 6.77. The number of benzene rings is 2. The van der Waals surface area contributed by atoms with E-state index in [-0.39, 0.29) is 18.2 Å². The third-order valence-electron chi connectivity index (χ3n) is 7.36. The Labute approximate surface area is 210 Å². The molecule has 0 bridgehead atoms. The highest BCUT2D eigenvalue weighted by Gasteiger charge is 2.42. The van der Waals surface area contributed by atoms with Gasteiger partial charge in [0.2, 0.25) is 11.7 Å². The Morgan fingerprint density at radius 2 is 1.64 bits per heavy atom. The molecular weight excluding hydrogens is 464 g/mol. The van der Waals surface area contributed by atoms with Gasteiger partial charge in [0.25, 0.3) is 5.91 Å². The standard InChI is InChI=1S/C27H32N2O7/c1-32-22-14-19(15-23(33-2)25(22)34-3)21(29-17-18-6-4-5-7-20(18)26(29)31)16-24(30)28-10-8-27(9-11-28)35-12-13-36-27/h4-7,14-15,21H,8-13,16-17H2,1-3H3/t21-/m1/s1. The van der Waals surface area contributed by atoms with Crippen molar-refractivity contribution in [2.45, 2.75) is 37.6 Å². The van der Waals surface area contributed by atoms with Crippen LogP contribution in [-0.4, -0.2) is 75.0 Å². The number of carbonyl (C=O) groups excluding carboxylic acids is 2. The number of methoxy groups -OCH3 is 3. The second kappa shape index (κ2) is 9.99. The molecule has 0 radical (unpaired) electrons. The average molecular weight is 497 g/mol. The number of fused-ring (bicyclic) bond motifs is 1. The van der Waals surface area contributed by atoms with Gasteiger partial charge in [0.1, 0.15) is 0 Å². The molecule has 1 atom stereocenters. The first-order valence-corrected chi connectivity index (χ1v) is 12.2. The second-order valence-electron chi connectivity index (χ2n) is 9.26. The lowest BCUT2D eigenvalue weighted by molar-refractivity contribution is -0.187. The summed E-state index contributed by atoms with van der Waals surface area (Å²) in [5.41, 5.74) is 2.36. The number of ether oxygens (including phenoxy) is 5. The molecule has 3 heterocycles. The van der Waals surface area contributed by atoms with Gasteiger partial charge in [0.05, 0.1) is 47.0 Å². The zero-order chi connectivity index (χ0) is 25.3. The quantitative estimate of drug-likeness (QED) is 0.582. The molecular formula is C27H32N2O7. The molecule has 192 valence electrons. The van der Waals surface area contributed by atoms with Crippen molar-refractivity contribution >= 4 is 11.8 Å². The van der Waals surface area contributed by atoms with Crippen LogP contribution in [0.5, 0.6) is 17.2 Å². The van der Waals surface area contributed by atoms with Crippen LogP contribution >= 0.6 is 0 Å². The molecule has 5 rings (SSSR count). The van der Waals surface area contributed by atoms with Crippen molar-refractivity contribution < 1.29 is 33.3 Å². The highest BCUT2D eigenvalue weighted by Crippen LogP contribution is 2.43. The molecule has 36 heavy (non-hydrogen) atoms. The van der Waals surface area contributed by atoms with Gasteiger partial charge in [0, 0.05) is 38.0 Å². The Bertz CT molecular complexity index is 1110. The van der Waals surface area contributed by atoms with E-state index in [0.29, 0.717) is 68.5 Å². The predicted molar refractivity (Wildman–Crippen MR) is 130 cm³/mol. The summed E-state index contributed by atoms with van der Waals surface area (Å²) in [6, 6.07) is 10.7. The molecule has 3 aliphatic rings. The minimum absolute atomic E-state index is 0.0228. The fourth-order valence-corrected chi connectivity index (χ4v) is 5.41. The van der Waals surface area contributed by atoms with Gasteiger partial charge in [0.15, 0.2) is 17.3 Å². The number of hydrogen-bond donors (Lipinski definition) is 0. The molecule has 3 aliphatic heterocycles. The van der Waals surface area contributed by atoms with E-state index in [1.807, 2.05) is 41.3 Å². The van der Waals surface area contributed by atoms with Crippen molar-refractivity contribution in [2.24, 2.45) is 0 Å². The monoisotopic (exact) mass is 496 g/mol. The number of piperidine rings is 1. The Morgan fingerprint density at radius 3 is 2.22 bits per heavy atom. The maximum Gasteiger partial charge on any atom is 0.255 e. The van der Waals surface area contributed by atoms with Crippen molar-refractivity contribution in [1.29, 1.82) is 0 Å². The van der Waals surface area contributed by atoms with E-state index >= 15 is 0 Å². The van der Waals surface area contributed by atoms with Gasteiger partial charge in [-0.05, 0) is 29.3 Å². The summed E-state index contributed by atoms with van der Waals surface area (Å²) < 4.78 is 28.2. The summed E-state index contributed by atoms with van der Waals surface area (Å²) in [6.45, 7) is 2.71. The fourth-order valence-electron chi connectivity index (χ4n) is 5.41. The lowest BCUT2D eigenvalue weighted by atomic mass is 9.98. The van der Waals surface area contributed by atoms with Crippen LogP contribution in [-0.2, 0) is 20.8 Å². The maximum atomic E-state index is 13.6. The second-order valence-corrected chi connectivity index (χ2v) is 9.26. The lowest BCUT2D eigenvalue weighted by Gasteiger charge is -2.38. The molecule has 1 spiro atoms. The summed E-state index contributed by atoms with van der Waals surface area (Å²) in [6.07, 6.45) is 1.41. The highest BCUT2D eigenvalue weighted by molar-refractivity contribution is 5.99. The molecule has 9 heteroatoms. The topological polar surface area (TPSA) is 86.8 Å². The van der Waals surface area contributed by atoms with Crippen LogP contribution in [0.15, 0.2) is 36.4 Å². The van der Waals surface area contributed by atoms with Crippen molar-refractivity contribution in [3.63, 3.8) is 0 Å². The Hall–Kier alpha value is -3.30. The van der Waals surface area contributed by atoms with E-state index in [1.165, 1.54) is 0 Å². The van der Waals surface area contributed by atoms with Crippen LogP contribution in [0.1, 0.15) is 46.8 Å². The first-order chi connectivity index (χ1) is 17.5. The zero-order valence-electron chi connectivity index (χ0n) is 21.0. The molecule has 0 aromatic heterocycles. The van der Waals surface area contributed by atoms with E-state index in [0.717, 1.165) is 11.1 Å². The summed E-state index contributed by atoms with van der Waals surface area (Å²) in [4.78, 5) is 30.6. The molecule has 2 aromatic rings. The smallest absolute Gasteiger partial charge is 0.255 e. The first-order valence-electron chi connectivity index (χ1n) is 12.2. The Morgan fingerprint density at radius 1 is 1.00 bits per heavy atom. The minimum Gasteiger partial charge on any atom is -0.493 e. The van der Waals surface area contributed by atoms with Crippen LogP contribution in [0.25, 0.3) is 0 Å². The number of amides is 2. The first kappa shape index (κ1) is 24.4. The van der Waals surface area contributed by atoms with Gasteiger partial charge in [-0.15, -0.1) is 0 Å². The van der Waals surface area contributed by atoms with Crippen molar-refractivity contribution in [3.05, 3.63) is 53.1 Å². The number of likely N-dealkylation sites (tertiary alicyclic amines) is 1. The van der Waals surface area contributed by atoms with E-state index < -0.39 is 11.8 Å².